The SMILES string of the molecule is CC(C)(C)CNC1CCC(C)(O)CC1. The third kappa shape index (κ3) is 4.43. The summed E-state index contributed by atoms with van der Waals surface area (Å²) in [6.45, 7) is 9.77. The third-order valence-electron chi connectivity index (χ3n) is 2.98. The van der Waals surface area contributed by atoms with Crippen LogP contribution in [0.5, 0.6) is 0 Å². The third-order valence-corrected chi connectivity index (χ3v) is 2.98. The summed E-state index contributed by atoms with van der Waals surface area (Å²) in [6.07, 6.45) is 4.11. The Bertz CT molecular complexity index is 171. The molecular weight excluding hydrogens is 174 g/mol. The van der Waals surface area contributed by atoms with Crippen molar-refractivity contribution in [1.82, 2.24) is 5.32 Å². The van der Waals surface area contributed by atoms with E-state index in [1.165, 1.54) is 0 Å². The Morgan fingerprint density at radius 3 is 2.21 bits per heavy atom. The number of hydrogen-bond acceptors (Lipinski definition) is 2. The molecule has 14 heavy (non-hydrogen) atoms. The van der Waals surface area contributed by atoms with Crippen molar-refractivity contribution in [3.63, 3.8) is 0 Å². The van der Waals surface area contributed by atoms with Crippen molar-refractivity contribution in [1.29, 1.82) is 0 Å². The molecule has 0 spiro atoms. The summed E-state index contributed by atoms with van der Waals surface area (Å²) in [5.41, 5.74) is -0.0418. The molecule has 0 heterocycles. The Balaban J connectivity index is 2.23. The smallest absolute Gasteiger partial charge is 0.0621 e. The first kappa shape index (κ1) is 12.0. The predicted molar refractivity (Wildman–Crippen MR) is 60.3 cm³/mol. The molecule has 0 aromatic rings. The van der Waals surface area contributed by atoms with Gasteiger partial charge in [0.2, 0.25) is 0 Å². The van der Waals surface area contributed by atoms with E-state index >= 15 is 0 Å². The lowest BCUT2D eigenvalue weighted by Crippen LogP contribution is -2.42. The molecular formula is C12H25NO. The van der Waals surface area contributed by atoms with Gasteiger partial charge in [-0.3, -0.25) is 0 Å². The van der Waals surface area contributed by atoms with Gasteiger partial charge in [0.15, 0.2) is 0 Å². The van der Waals surface area contributed by atoms with Crippen LogP contribution in [0.3, 0.4) is 0 Å². The zero-order valence-corrected chi connectivity index (χ0v) is 10.1. The van der Waals surface area contributed by atoms with Gasteiger partial charge in [-0.2, -0.15) is 0 Å². The number of aliphatic hydroxyl groups is 1. The molecule has 0 aromatic heterocycles. The van der Waals surface area contributed by atoms with E-state index in [0.29, 0.717) is 11.5 Å². The van der Waals surface area contributed by atoms with Crippen LogP contribution in [0.25, 0.3) is 0 Å². The monoisotopic (exact) mass is 199 g/mol. The first-order valence-corrected chi connectivity index (χ1v) is 5.74. The molecule has 1 rings (SSSR count). The number of hydrogen-bond donors (Lipinski definition) is 2. The second-order valence-corrected chi connectivity index (χ2v) is 6.21. The highest BCUT2D eigenvalue weighted by molar-refractivity contribution is 4.85. The van der Waals surface area contributed by atoms with E-state index in [1.807, 2.05) is 6.92 Å². The zero-order chi connectivity index (χ0) is 10.8. The van der Waals surface area contributed by atoms with E-state index in [4.69, 9.17) is 0 Å². The molecule has 0 saturated heterocycles. The molecule has 2 nitrogen and oxygen atoms in total. The standard InChI is InChI=1S/C12H25NO/c1-11(2,3)9-13-10-5-7-12(4,14)8-6-10/h10,13-14H,5-9H2,1-4H3. The molecule has 1 fully saturated rings. The Kier molecular flexibility index (Phi) is 3.59. The average Bonchev–Trinajstić information content (AvgIpc) is 2.01. The normalized spacial score (nSPS) is 34.5. The molecule has 0 unspecified atom stereocenters. The molecule has 0 amide bonds. The molecule has 0 atom stereocenters. The second kappa shape index (κ2) is 4.19. The van der Waals surface area contributed by atoms with Crippen LogP contribution in [0.4, 0.5) is 0 Å². The van der Waals surface area contributed by atoms with Crippen molar-refractivity contribution in [3.8, 4) is 0 Å². The van der Waals surface area contributed by atoms with Gasteiger partial charge in [0.1, 0.15) is 0 Å². The lowest BCUT2D eigenvalue weighted by Gasteiger charge is -2.34. The molecule has 1 aliphatic carbocycles. The van der Waals surface area contributed by atoms with Crippen molar-refractivity contribution in [2.75, 3.05) is 6.54 Å². The van der Waals surface area contributed by atoms with Gasteiger partial charge < -0.3 is 10.4 Å². The molecule has 84 valence electrons. The van der Waals surface area contributed by atoms with Gasteiger partial charge in [-0.05, 0) is 38.0 Å². The van der Waals surface area contributed by atoms with Gasteiger partial charge >= 0.3 is 0 Å². The minimum absolute atomic E-state index is 0.361. The van der Waals surface area contributed by atoms with Crippen LogP contribution in [-0.2, 0) is 0 Å². The fourth-order valence-corrected chi connectivity index (χ4v) is 1.89. The summed E-state index contributed by atoms with van der Waals surface area (Å²) in [4.78, 5) is 0. The highest BCUT2D eigenvalue weighted by atomic mass is 16.3. The number of rotatable bonds is 2. The molecule has 0 aliphatic heterocycles. The summed E-state index contributed by atoms with van der Waals surface area (Å²) < 4.78 is 0. The van der Waals surface area contributed by atoms with Gasteiger partial charge in [0.05, 0.1) is 5.60 Å². The summed E-state index contributed by atoms with van der Waals surface area (Å²) in [6, 6.07) is 0.620. The van der Waals surface area contributed by atoms with Crippen LogP contribution in [0.15, 0.2) is 0 Å². The summed E-state index contributed by atoms with van der Waals surface area (Å²) >= 11 is 0. The fourth-order valence-electron chi connectivity index (χ4n) is 1.89. The van der Waals surface area contributed by atoms with E-state index in [0.717, 1.165) is 32.2 Å². The molecule has 2 N–H and O–H groups in total. The maximum atomic E-state index is 9.79. The Morgan fingerprint density at radius 2 is 1.79 bits per heavy atom. The summed E-state index contributed by atoms with van der Waals surface area (Å²) in [5, 5.41) is 13.4. The molecule has 0 bridgehead atoms. The van der Waals surface area contributed by atoms with Crippen molar-refractivity contribution in [2.24, 2.45) is 5.41 Å². The average molecular weight is 199 g/mol. The highest BCUT2D eigenvalue weighted by Crippen LogP contribution is 2.28. The van der Waals surface area contributed by atoms with Crippen LogP contribution in [-0.4, -0.2) is 23.3 Å². The van der Waals surface area contributed by atoms with Gasteiger partial charge in [0.25, 0.3) is 0 Å². The van der Waals surface area contributed by atoms with Crippen molar-refractivity contribution in [2.45, 2.75) is 65.0 Å². The first-order chi connectivity index (χ1) is 6.29. The molecule has 0 aromatic carbocycles. The lowest BCUT2D eigenvalue weighted by atomic mass is 9.83. The molecule has 1 aliphatic rings. The van der Waals surface area contributed by atoms with Crippen LogP contribution in [0.1, 0.15) is 53.4 Å². The second-order valence-electron chi connectivity index (χ2n) is 6.21. The van der Waals surface area contributed by atoms with Crippen LogP contribution < -0.4 is 5.32 Å². The van der Waals surface area contributed by atoms with Gasteiger partial charge in [-0.1, -0.05) is 20.8 Å². The van der Waals surface area contributed by atoms with Crippen LogP contribution in [0, 0.1) is 5.41 Å². The maximum absolute atomic E-state index is 9.79. The number of nitrogens with one attached hydrogen (secondary N) is 1. The van der Waals surface area contributed by atoms with Gasteiger partial charge in [0, 0.05) is 12.6 Å². The lowest BCUT2D eigenvalue weighted by molar-refractivity contribution is 0.0134. The minimum Gasteiger partial charge on any atom is -0.390 e. The van der Waals surface area contributed by atoms with E-state index in [-0.39, 0.29) is 0 Å². The molecule has 2 heteroatoms. The predicted octanol–water partition coefficient (Wildman–Crippen LogP) is 2.32. The Labute approximate surface area is 88.1 Å². The first-order valence-electron chi connectivity index (χ1n) is 5.74. The molecule has 1 saturated carbocycles. The topological polar surface area (TPSA) is 32.3 Å². The fraction of sp³-hybridized carbons (Fsp3) is 1.00. The minimum atomic E-state index is -0.403. The van der Waals surface area contributed by atoms with E-state index in [1.54, 1.807) is 0 Å². The van der Waals surface area contributed by atoms with E-state index in [9.17, 15) is 5.11 Å². The van der Waals surface area contributed by atoms with E-state index in [2.05, 4.69) is 26.1 Å². The zero-order valence-electron chi connectivity index (χ0n) is 10.1. The summed E-state index contributed by atoms with van der Waals surface area (Å²) in [7, 11) is 0. The van der Waals surface area contributed by atoms with Gasteiger partial charge in [-0.25, -0.2) is 0 Å². The van der Waals surface area contributed by atoms with E-state index < -0.39 is 5.60 Å². The van der Waals surface area contributed by atoms with Crippen molar-refractivity contribution < 1.29 is 5.11 Å². The quantitative estimate of drug-likeness (QED) is 0.715. The van der Waals surface area contributed by atoms with Crippen molar-refractivity contribution >= 4 is 0 Å². The Morgan fingerprint density at radius 1 is 1.29 bits per heavy atom. The molecule has 0 radical (unpaired) electrons. The summed E-state index contributed by atoms with van der Waals surface area (Å²) in [5.74, 6) is 0. The largest absolute Gasteiger partial charge is 0.390 e. The van der Waals surface area contributed by atoms with Crippen LogP contribution in [0.2, 0.25) is 0 Å². The van der Waals surface area contributed by atoms with Crippen molar-refractivity contribution in [3.05, 3.63) is 0 Å². The van der Waals surface area contributed by atoms with Gasteiger partial charge in [-0.15, -0.1) is 0 Å². The van der Waals surface area contributed by atoms with Crippen LogP contribution >= 0.6 is 0 Å². The highest BCUT2D eigenvalue weighted by Gasteiger charge is 2.28. The Hall–Kier alpha value is -0.0800. The maximum Gasteiger partial charge on any atom is 0.0621 e.